The van der Waals surface area contributed by atoms with Crippen LogP contribution in [0.25, 0.3) is 0 Å². The molecule has 0 aliphatic carbocycles. The molecule has 25 heavy (non-hydrogen) atoms. The molecule has 132 valence electrons. The minimum absolute atomic E-state index is 0.0688. The van der Waals surface area contributed by atoms with Gasteiger partial charge in [-0.25, -0.2) is 4.79 Å². The Morgan fingerprint density at radius 3 is 2.72 bits per heavy atom. The molecule has 1 heterocycles. The van der Waals surface area contributed by atoms with Crippen molar-refractivity contribution in [3.63, 3.8) is 0 Å². The van der Waals surface area contributed by atoms with Crippen LogP contribution in [0.5, 0.6) is 5.75 Å². The molecule has 0 spiro atoms. The van der Waals surface area contributed by atoms with Gasteiger partial charge in [-0.15, -0.1) is 0 Å². The molecule has 2 aromatic rings. The number of nitrogens with one attached hydrogen (secondary N) is 1. The average molecular weight is 340 g/mol. The molecule has 0 radical (unpaired) electrons. The predicted molar refractivity (Wildman–Crippen MR) is 96.8 cm³/mol. The maximum Gasteiger partial charge on any atom is 0.317 e. The highest BCUT2D eigenvalue weighted by molar-refractivity contribution is 5.74. The van der Waals surface area contributed by atoms with Crippen LogP contribution in [-0.2, 0) is 4.74 Å². The smallest absolute Gasteiger partial charge is 0.317 e. The Morgan fingerprint density at radius 2 is 1.96 bits per heavy atom. The fourth-order valence-corrected chi connectivity index (χ4v) is 2.77. The molecule has 0 aromatic heterocycles. The molecule has 0 saturated carbocycles. The lowest BCUT2D eigenvalue weighted by Gasteiger charge is -2.33. The number of carbonyl (C=O) groups is 1. The average Bonchev–Trinajstić information content (AvgIpc) is 2.66. The summed E-state index contributed by atoms with van der Waals surface area (Å²) in [6.07, 6.45) is -0.0688. The first-order valence-electron chi connectivity index (χ1n) is 8.61. The van der Waals surface area contributed by atoms with Gasteiger partial charge in [0.1, 0.15) is 18.5 Å². The topological polar surface area (TPSA) is 50.8 Å². The third-order valence-corrected chi connectivity index (χ3v) is 4.19. The van der Waals surface area contributed by atoms with Gasteiger partial charge in [0.25, 0.3) is 0 Å². The van der Waals surface area contributed by atoms with Gasteiger partial charge in [-0.2, -0.15) is 0 Å². The Labute approximate surface area is 148 Å². The van der Waals surface area contributed by atoms with E-state index in [2.05, 4.69) is 36.5 Å². The summed E-state index contributed by atoms with van der Waals surface area (Å²) in [6.45, 7) is 4.69. The Balaban J connectivity index is 1.44. The summed E-state index contributed by atoms with van der Waals surface area (Å²) in [4.78, 5) is 14.1. The Kier molecular flexibility index (Phi) is 5.90. The zero-order valence-corrected chi connectivity index (χ0v) is 14.5. The first kappa shape index (κ1) is 17.3. The number of carbonyl (C=O) groups excluding carboxylic acids is 1. The van der Waals surface area contributed by atoms with E-state index in [1.807, 2.05) is 30.3 Å². The first-order valence-corrected chi connectivity index (χ1v) is 8.61. The molecule has 1 N–H and O–H groups in total. The molecule has 2 aromatic carbocycles. The van der Waals surface area contributed by atoms with Gasteiger partial charge in [0, 0.05) is 6.54 Å². The van der Waals surface area contributed by atoms with Crippen LogP contribution in [-0.4, -0.2) is 43.8 Å². The van der Waals surface area contributed by atoms with Crippen molar-refractivity contribution in [3.05, 3.63) is 65.7 Å². The molecule has 2 amide bonds. The SMILES string of the molecule is Cc1ccc(C2CN(C(=O)NCCOc3ccccc3)CCO2)cc1. The van der Waals surface area contributed by atoms with E-state index < -0.39 is 0 Å². The number of morpholine rings is 1. The number of aryl methyl sites for hydroxylation is 1. The molecule has 1 unspecified atom stereocenters. The lowest BCUT2D eigenvalue weighted by Crippen LogP contribution is -2.47. The number of ether oxygens (including phenoxy) is 2. The van der Waals surface area contributed by atoms with Gasteiger partial charge in [-0.1, -0.05) is 48.0 Å². The molecule has 1 atom stereocenters. The molecule has 0 bridgehead atoms. The summed E-state index contributed by atoms with van der Waals surface area (Å²) in [7, 11) is 0. The Bertz CT molecular complexity index is 673. The molecule has 5 nitrogen and oxygen atoms in total. The van der Waals surface area contributed by atoms with Crippen molar-refractivity contribution in [2.75, 3.05) is 32.8 Å². The van der Waals surface area contributed by atoms with E-state index in [4.69, 9.17) is 9.47 Å². The quantitative estimate of drug-likeness (QED) is 0.851. The summed E-state index contributed by atoms with van der Waals surface area (Å²) in [5.41, 5.74) is 2.32. The van der Waals surface area contributed by atoms with E-state index in [0.29, 0.717) is 32.8 Å². The monoisotopic (exact) mass is 340 g/mol. The van der Waals surface area contributed by atoms with E-state index in [-0.39, 0.29) is 12.1 Å². The van der Waals surface area contributed by atoms with Crippen molar-refractivity contribution in [3.8, 4) is 5.75 Å². The fraction of sp³-hybridized carbons (Fsp3) is 0.350. The Morgan fingerprint density at radius 1 is 1.20 bits per heavy atom. The molecule has 3 rings (SSSR count). The van der Waals surface area contributed by atoms with Crippen molar-refractivity contribution in [1.29, 1.82) is 0 Å². The maximum absolute atomic E-state index is 12.3. The number of para-hydroxylation sites is 1. The van der Waals surface area contributed by atoms with Crippen LogP contribution in [0.15, 0.2) is 54.6 Å². The van der Waals surface area contributed by atoms with Crippen molar-refractivity contribution < 1.29 is 14.3 Å². The fourth-order valence-electron chi connectivity index (χ4n) is 2.77. The molecular weight excluding hydrogens is 316 g/mol. The second kappa shape index (κ2) is 8.53. The summed E-state index contributed by atoms with van der Waals surface area (Å²) in [5, 5.41) is 2.91. The predicted octanol–water partition coefficient (Wildman–Crippen LogP) is 3.16. The minimum atomic E-state index is -0.0722. The van der Waals surface area contributed by atoms with Crippen molar-refractivity contribution >= 4 is 6.03 Å². The number of amides is 2. The van der Waals surface area contributed by atoms with Crippen molar-refractivity contribution in [2.24, 2.45) is 0 Å². The molecule has 5 heteroatoms. The normalized spacial score (nSPS) is 17.2. The molecule has 1 fully saturated rings. The van der Waals surface area contributed by atoms with Gasteiger partial charge in [-0.3, -0.25) is 0 Å². The van der Waals surface area contributed by atoms with Crippen LogP contribution >= 0.6 is 0 Å². The van der Waals surface area contributed by atoms with E-state index in [1.54, 1.807) is 4.90 Å². The molecule has 1 aliphatic rings. The van der Waals surface area contributed by atoms with E-state index in [9.17, 15) is 4.79 Å². The van der Waals surface area contributed by atoms with Gasteiger partial charge in [0.15, 0.2) is 0 Å². The zero-order valence-electron chi connectivity index (χ0n) is 14.5. The Hall–Kier alpha value is -2.53. The van der Waals surface area contributed by atoms with Gasteiger partial charge in [0.2, 0.25) is 0 Å². The first-order chi connectivity index (χ1) is 12.2. The molecular formula is C20H24N2O3. The van der Waals surface area contributed by atoms with Crippen molar-refractivity contribution in [2.45, 2.75) is 13.0 Å². The van der Waals surface area contributed by atoms with E-state index >= 15 is 0 Å². The number of hydrogen-bond donors (Lipinski definition) is 1. The zero-order chi connectivity index (χ0) is 17.5. The van der Waals surface area contributed by atoms with Crippen LogP contribution in [0.2, 0.25) is 0 Å². The number of nitrogens with zero attached hydrogens (tertiary/aromatic N) is 1. The third kappa shape index (κ3) is 4.97. The second-order valence-electron chi connectivity index (χ2n) is 6.11. The second-order valence-corrected chi connectivity index (χ2v) is 6.11. The van der Waals surface area contributed by atoms with Gasteiger partial charge in [0.05, 0.1) is 19.7 Å². The van der Waals surface area contributed by atoms with Crippen LogP contribution in [0.1, 0.15) is 17.2 Å². The summed E-state index contributed by atoms with van der Waals surface area (Å²) >= 11 is 0. The summed E-state index contributed by atoms with van der Waals surface area (Å²) in [5.74, 6) is 0.808. The van der Waals surface area contributed by atoms with E-state index in [1.165, 1.54) is 5.56 Å². The van der Waals surface area contributed by atoms with Crippen molar-refractivity contribution in [1.82, 2.24) is 10.2 Å². The maximum atomic E-state index is 12.3. The lowest BCUT2D eigenvalue weighted by atomic mass is 10.1. The highest BCUT2D eigenvalue weighted by Gasteiger charge is 2.25. The third-order valence-electron chi connectivity index (χ3n) is 4.19. The number of benzene rings is 2. The van der Waals surface area contributed by atoms with Gasteiger partial charge < -0.3 is 19.7 Å². The number of rotatable bonds is 5. The molecule has 1 saturated heterocycles. The number of urea groups is 1. The summed E-state index contributed by atoms with van der Waals surface area (Å²) in [6, 6.07) is 17.8. The highest BCUT2D eigenvalue weighted by Crippen LogP contribution is 2.22. The standard InChI is InChI=1S/C20H24N2O3/c1-16-7-9-17(10-8-16)19-15-22(12-14-25-19)20(23)21-11-13-24-18-5-3-2-4-6-18/h2-10,19H,11-15H2,1H3,(H,21,23). The van der Waals surface area contributed by atoms with Crippen LogP contribution in [0.4, 0.5) is 4.79 Å². The van der Waals surface area contributed by atoms with Crippen LogP contribution in [0.3, 0.4) is 0 Å². The minimum Gasteiger partial charge on any atom is -0.492 e. The van der Waals surface area contributed by atoms with E-state index in [0.717, 1.165) is 11.3 Å². The largest absolute Gasteiger partial charge is 0.492 e. The summed E-state index contributed by atoms with van der Waals surface area (Å²) < 4.78 is 11.4. The van der Waals surface area contributed by atoms with Gasteiger partial charge >= 0.3 is 6.03 Å². The van der Waals surface area contributed by atoms with Crippen LogP contribution in [0, 0.1) is 6.92 Å². The lowest BCUT2D eigenvalue weighted by molar-refractivity contribution is -0.0154. The highest BCUT2D eigenvalue weighted by atomic mass is 16.5. The van der Waals surface area contributed by atoms with Gasteiger partial charge in [-0.05, 0) is 24.6 Å². The number of hydrogen-bond acceptors (Lipinski definition) is 3. The van der Waals surface area contributed by atoms with Crippen LogP contribution < -0.4 is 10.1 Å². The molecule has 1 aliphatic heterocycles.